The predicted molar refractivity (Wildman–Crippen MR) is 138 cm³/mol. The molecule has 0 unspecified atom stereocenters. The molecule has 1 aromatic carbocycles. The van der Waals surface area contributed by atoms with Crippen LogP contribution in [0.5, 0.6) is 5.75 Å². The van der Waals surface area contributed by atoms with E-state index in [1.165, 1.54) is 109 Å². The monoisotopic (exact) mass is 446 g/mol. The van der Waals surface area contributed by atoms with Crippen molar-refractivity contribution in [2.75, 3.05) is 11.4 Å². The molecule has 0 saturated carbocycles. The standard InChI is InChI=1S/C28H50N2O2/c1-2-3-4-5-6-7-8-9-10-11-12-13-14-15-16-17-18-19-20-25-30(28(29)32)26-21-23-27(31)24-22-26/h21-24,31H,2-20,25H2,1H3,(H2,29,32). The van der Waals surface area contributed by atoms with Gasteiger partial charge in [-0.3, -0.25) is 4.90 Å². The van der Waals surface area contributed by atoms with E-state index in [-0.39, 0.29) is 5.75 Å². The molecule has 0 atom stereocenters. The summed E-state index contributed by atoms with van der Waals surface area (Å²) < 4.78 is 0. The topological polar surface area (TPSA) is 66.6 Å². The molecule has 4 heteroatoms. The second kappa shape index (κ2) is 19.9. The zero-order valence-corrected chi connectivity index (χ0v) is 20.8. The highest BCUT2D eigenvalue weighted by Gasteiger charge is 2.11. The van der Waals surface area contributed by atoms with Gasteiger partial charge in [-0.1, -0.05) is 122 Å². The number of nitrogens with two attached hydrogens (primary N) is 1. The molecule has 0 radical (unpaired) electrons. The Hall–Kier alpha value is -1.71. The summed E-state index contributed by atoms with van der Waals surface area (Å²) in [6.07, 6.45) is 25.8. The van der Waals surface area contributed by atoms with Gasteiger partial charge < -0.3 is 10.8 Å². The first-order valence-electron chi connectivity index (χ1n) is 13.5. The number of hydrogen-bond donors (Lipinski definition) is 2. The normalized spacial score (nSPS) is 11.0. The van der Waals surface area contributed by atoms with Crippen molar-refractivity contribution in [1.29, 1.82) is 0 Å². The molecular formula is C28H50N2O2. The fraction of sp³-hybridized carbons (Fsp3) is 0.750. The van der Waals surface area contributed by atoms with Crippen LogP contribution in [0.1, 0.15) is 129 Å². The number of carbonyl (C=O) groups is 1. The van der Waals surface area contributed by atoms with Gasteiger partial charge in [-0.05, 0) is 30.7 Å². The van der Waals surface area contributed by atoms with Gasteiger partial charge in [0.05, 0.1) is 0 Å². The average molecular weight is 447 g/mol. The highest BCUT2D eigenvalue weighted by molar-refractivity contribution is 5.90. The number of nitrogens with zero attached hydrogens (tertiary/aromatic N) is 1. The maximum atomic E-state index is 11.7. The first kappa shape index (κ1) is 28.3. The molecule has 32 heavy (non-hydrogen) atoms. The number of carbonyl (C=O) groups excluding carboxylic acids is 1. The van der Waals surface area contributed by atoms with Gasteiger partial charge in [0, 0.05) is 12.2 Å². The van der Waals surface area contributed by atoms with Crippen LogP contribution < -0.4 is 10.6 Å². The molecule has 0 fully saturated rings. The van der Waals surface area contributed by atoms with Gasteiger partial charge in [-0.25, -0.2) is 4.79 Å². The number of unbranched alkanes of at least 4 members (excludes halogenated alkanes) is 18. The zero-order chi connectivity index (χ0) is 23.3. The smallest absolute Gasteiger partial charge is 0.319 e. The van der Waals surface area contributed by atoms with E-state index in [1.807, 2.05) is 0 Å². The van der Waals surface area contributed by atoms with Gasteiger partial charge >= 0.3 is 6.03 Å². The minimum Gasteiger partial charge on any atom is -0.508 e. The summed E-state index contributed by atoms with van der Waals surface area (Å²) in [4.78, 5) is 13.3. The zero-order valence-electron chi connectivity index (χ0n) is 20.8. The number of anilines is 1. The number of primary amides is 1. The Balaban J connectivity index is 1.86. The van der Waals surface area contributed by atoms with Gasteiger partial charge in [0.15, 0.2) is 0 Å². The third-order valence-corrected chi connectivity index (χ3v) is 6.41. The second-order valence-corrected chi connectivity index (χ2v) is 9.37. The number of phenolic OH excluding ortho intramolecular Hbond substituents is 1. The van der Waals surface area contributed by atoms with Crippen molar-refractivity contribution in [3.63, 3.8) is 0 Å². The number of hydrogen-bond acceptors (Lipinski definition) is 2. The van der Waals surface area contributed by atoms with Crippen molar-refractivity contribution in [3.8, 4) is 5.75 Å². The van der Waals surface area contributed by atoms with E-state index in [0.29, 0.717) is 6.54 Å². The number of phenols is 1. The summed E-state index contributed by atoms with van der Waals surface area (Å²) >= 11 is 0. The van der Waals surface area contributed by atoms with Gasteiger partial charge in [0.25, 0.3) is 0 Å². The van der Waals surface area contributed by atoms with Crippen molar-refractivity contribution >= 4 is 11.7 Å². The Bertz CT molecular complexity index is 559. The number of urea groups is 1. The molecule has 1 aromatic rings. The summed E-state index contributed by atoms with van der Waals surface area (Å²) in [6.45, 7) is 2.92. The Morgan fingerprint density at radius 2 is 1.00 bits per heavy atom. The lowest BCUT2D eigenvalue weighted by molar-refractivity contribution is 0.253. The van der Waals surface area contributed by atoms with Crippen molar-refractivity contribution in [2.45, 2.75) is 129 Å². The van der Waals surface area contributed by atoms with Crippen molar-refractivity contribution in [3.05, 3.63) is 24.3 Å². The van der Waals surface area contributed by atoms with Crippen LogP contribution in [0.15, 0.2) is 24.3 Å². The molecule has 0 saturated heterocycles. The van der Waals surface area contributed by atoms with E-state index in [2.05, 4.69) is 6.92 Å². The van der Waals surface area contributed by atoms with Crippen molar-refractivity contribution < 1.29 is 9.90 Å². The van der Waals surface area contributed by atoms with Gasteiger partial charge in [-0.15, -0.1) is 0 Å². The van der Waals surface area contributed by atoms with Crippen LogP contribution >= 0.6 is 0 Å². The first-order chi connectivity index (χ1) is 15.6. The van der Waals surface area contributed by atoms with Crippen LogP contribution in [0.3, 0.4) is 0 Å². The van der Waals surface area contributed by atoms with E-state index in [4.69, 9.17) is 5.73 Å². The minimum atomic E-state index is -0.432. The molecule has 0 bridgehead atoms. The maximum Gasteiger partial charge on any atom is 0.319 e. The first-order valence-corrected chi connectivity index (χ1v) is 13.5. The largest absolute Gasteiger partial charge is 0.508 e. The minimum absolute atomic E-state index is 0.196. The van der Waals surface area contributed by atoms with Gasteiger partial charge in [0.1, 0.15) is 5.75 Å². The quantitative estimate of drug-likeness (QED) is 0.185. The third-order valence-electron chi connectivity index (χ3n) is 6.41. The van der Waals surface area contributed by atoms with E-state index in [0.717, 1.165) is 18.5 Å². The van der Waals surface area contributed by atoms with Crippen LogP contribution in [0.4, 0.5) is 10.5 Å². The Morgan fingerprint density at radius 1 is 0.656 bits per heavy atom. The number of aromatic hydroxyl groups is 1. The van der Waals surface area contributed by atoms with E-state index in [1.54, 1.807) is 29.2 Å². The average Bonchev–Trinajstić information content (AvgIpc) is 2.78. The summed E-state index contributed by atoms with van der Waals surface area (Å²) in [5, 5.41) is 9.39. The predicted octanol–water partition coefficient (Wildman–Crippen LogP) is 8.71. The maximum absolute atomic E-state index is 11.7. The number of benzene rings is 1. The summed E-state index contributed by atoms with van der Waals surface area (Å²) in [7, 11) is 0. The second-order valence-electron chi connectivity index (χ2n) is 9.37. The molecule has 184 valence electrons. The SMILES string of the molecule is CCCCCCCCCCCCCCCCCCCCCN(C(N)=O)c1ccc(O)cc1. The molecule has 0 aromatic heterocycles. The molecule has 0 aliphatic rings. The summed E-state index contributed by atoms with van der Waals surface area (Å²) in [5.41, 5.74) is 6.26. The van der Waals surface area contributed by atoms with E-state index in [9.17, 15) is 9.90 Å². The molecule has 1 rings (SSSR count). The highest BCUT2D eigenvalue weighted by Crippen LogP contribution is 2.19. The summed E-state index contributed by atoms with van der Waals surface area (Å²) in [6, 6.07) is 6.20. The molecule has 4 nitrogen and oxygen atoms in total. The van der Waals surface area contributed by atoms with Crippen LogP contribution in [0.25, 0.3) is 0 Å². The fourth-order valence-corrected chi connectivity index (χ4v) is 4.35. The Kier molecular flexibility index (Phi) is 17.6. The Morgan fingerprint density at radius 3 is 1.34 bits per heavy atom. The molecule has 0 aliphatic heterocycles. The molecule has 3 N–H and O–H groups in total. The number of amides is 2. The Labute approximate surface area is 198 Å². The summed E-state index contributed by atoms with van der Waals surface area (Å²) in [5.74, 6) is 0.196. The van der Waals surface area contributed by atoms with Crippen LogP contribution in [-0.4, -0.2) is 17.7 Å². The van der Waals surface area contributed by atoms with Crippen molar-refractivity contribution in [1.82, 2.24) is 0 Å². The van der Waals surface area contributed by atoms with Crippen molar-refractivity contribution in [2.24, 2.45) is 5.73 Å². The van der Waals surface area contributed by atoms with E-state index >= 15 is 0 Å². The molecule has 0 heterocycles. The lowest BCUT2D eigenvalue weighted by Crippen LogP contribution is -2.36. The lowest BCUT2D eigenvalue weighted by atomic mass is 10.0. The lowest BCUT2D eigenvalue weighted by Gasteiger charge is -2.20. The molecular weight excluding hydrogens is 396 g/mol. The number of rotatable bonds is 21. The molecule has 2 amide bonds. The van der Waals surface area contributed by atoms with Gasteiger partial charge in [-0.2, -0.15) is 0 Å². The van der Waals surface area contributed by atoms with Crippen LogP contribution in [0.2, 0.25) is 0 Å². The third kappa shape index (κ3) is 15.2. The van der Waals surface area contributed by atoms with Crippen LogP contribution in [-0.2, 0) is 0 Å². The fourth-order valence-electron chi connectivity index (χ4n) is 4.35. The highest BCUT2D eigenvalue weighted by atomic mass is 16.3. The van der Waals surface area contributed by atoms with Crippen LogP contribution in [0, 0.1) is 0 Å². The van der Waals surface area contributed by atoms with Gasteiger partial charge in [0.2, 0.25) is 0 Å². The molecule has 0 aliphatic carbocycles. The molecule has 0 spiro atoms. The van der Waals surface area contributed by atoms with E-state index < -0.39 is 6.03 Å².